The van der Waals surface area contributed by atoms with Crippen molar-refractivity contribution in [1.29, 1.82) is 0 Å². The summed E-state index contributed by atoms with van der Waals surface area (Å²) in [6, 6.07) is 8.91. The number of carboxylic acid groups (broad SMARTS) is 1. The summed E-state index contributed by atoms with van der Waals surface area (Å²) in [6.07, 6.45) is -0.820. The highest BCUT2D eigenvalue weighted by Gasteiger charge is 2.12. The summed E-state index contributed by atoms with van der Waals surface area (Å²) in [5.41, 5.74) is 0.533. The third-order valence-corrected chi connectivity index (χ3v) is 1.86. The lowest BCUT2D eigenvalue weighted by atomic mass is 10.1. The first-order chi connectivity index (χ1) is 7.63. The first-order valence-corrected chi connectivity index (χ1v) is 4.56. The standard InChI is InChI=1S/C11H11NO4/c1-16-11(15)12-9(10(13)14)7-8-5-3-2-4-6-8/h2-6H,7H2,1H3,(H,13,14). The molecule has 0 spiro atoms. The van der Waals surface area contributed by atoms with Crippen LogP contribution in [0.4, 0.5) is 4.79 Å². The van der Waals surface area contributed by atoms with Gasteiger partial charge in [0.1, 0.15) is 5.71 Å². The summed E-state index contributed by atoms with van der Waals surface area (Å²) in [5, 5.41) is 8.84. The van der Waals surface area contributed by atoms with Crippen molar-refractivity contribution in [2.45, 2.75) is 6.42 Å². The Morgan fingerprint density at radius 2 is 1.94 bits per heavy atom. The van der Waals surface area contributed by atoms with Crippen molar-refractivity contribution in [3.8, 4) is 0 Å². The number of rotatable bonds is 3. The van der Waals surface area contributed by atoms with E-state index < -0.39 is 12.1 Å². The zero-order valence-electron chi connectivity index (χ0n) is 8.71. The van der Waals surface area contributed by atoms with E-state index in [9.17, 15) is 9.59 Å². The lowest BCUT2D eigenvalue weighted by Crippen LogP contribution is -2.18. The first-order valence-electron chi connectivity index (χ1n) is 4.56. The van der Waals surface area contributed by atoms with Crippen LogP contribution in [-0.4, -0.2) is 30.0 Å². The van der Waals surface area contributed by atoms with E-state index in [1.807, 2.05) is 6.07 Å². The molecule has 0 saturated heterocycles. The van der Waals surface area contributed by atoms with Crippen molar-refractivity contribution in [2.75, 3.05) is 7.11 Å². The van der Waals surface area contributed by atoms with E-state index in [1.165, 1.54) is 0 Å². The Morgan fingerprint density at radius 3 is 2.44 bits per heavy atom. The van der Waals surface area contributed by atoms with Crippen molar-refractivity contribution >= 4 is 17.8 Å². The molecule has 0 atom stereocenters. The Kier molecular flexibility index (Phi) is 4.20. The first kappa shape index (κ1) is 11.9. The maximum atomic E-state index is 10.8. The van der Waals surface area contributed by atoms with E-state index in [4.69, 9.17) is 5.11 Å². The normalized spacial score (nSPS) is 10.9. The molecule has 0 aromatic heterocycles. The number of aliphatic carboxylic acids is 1. The summed E-state index contributed by atoms with van der Waals surface area (Å²) in [6.45, 7) is 0. The number of carbonyl (C=O) groups is 2. The molecule has 5 nitrogen and oxygen atoms in total. The third kappa shape index (κ3) is 3.53. The number of nitrogens with zero attached hydrogens (tertiary/aromatic N) is 1. The molecule has 84 valence electrons. The molecule has 0 fully saturated rings. The largest absolute Gasteiger partial charge is 0.477 e. The second-order valence-electron chi connectivity index (χ2n) is 3.00. The minimum Gasteiger partial charge on any atom is -0.477 e. The number of carboxylic acids is 1. The SMILES string of the molecule is COC(=O)N=C(Cc1ccccc1)C(=O)O. The van der Waals surface area contributed by atoms with Crippen LogP contribution in [-0.2, 0) is 16.0 Å². The topological polar surface area (TPSA) is 76.0 Å². The molecule has 0 aliphatic rings. The van der Waals surface area contributed by atoms with Gasteiger partial charge >= 0.3 is 12.1 Å². The van der Waals surface area contributed by atoms with Gasteiger partial charge in [-0.15, -0.1) is 0 Å². The number of ether oxygens (including phenoxy) is 1. The van der Waals surface area contributed by atoms with Crippen molar-refractivity contribution < 1.29 is 19.4 Å². The molecule has 5 heteroatoms. The highest BCUT2D eigenvalue weighted by atomic mass is 16.5. The number of hydrogen-bond donors (Lipinski definition) is 1. The van der Waals surface area contributed by atoms with Crippen LogP contribution in [0, 0.1) is 0 Å². The van der Waals surface area contributed by atoms with E-state index >= 15 is 0 Å². The minimum absolute atomic E-state index is 0.0886. The van der Waals surface area contributed by atoms with Crippen LogP contribution < -0.4 is 0 Å². The van der Waals surface area contributed by atoms with E-state index in [-0.39, 0.29) is 12.1 Å². The van der Waals surface area contributed by atoms with Gasteiger partial charge in [-0.1, -0.05) is 30.3 Å². The number of carbonyl (C=O) groups excluding carboxylic acids is 1. The number of benzene rings is 1. The fourth-order valence-corrected chi connectivity index (χ4v) is 1.11. The molecule has 0 heterocycles. The molecule has 1 amide bonds. The van der Waals surface area contributed by atoms with Gasteiger partial charge < -0.3 is 9.84 Å². The van der Waals surface area contributed by atoms with Gasteiger partial charge in [-0.25, -0.2) is 9.59 Å². The maximum Gasteiger partial charge on any atom is 0.433 e. The van der Waals surface area contributed by atoms with Crippen LogP contribution in [0.5, 0.6) is 0 Å². The Morgan fingerprint density at radius 1 is 1.31 bits per heavy atom. The summed E-state index contributed by atoms with van der Waals surface area (Å²) in [4.78, 5) is 25.0. The second kappa shape index (κ2) is 5.65. The lowest BCUT2D eigenvalue weighted by molar-refractivity contribution is -0.129. The van der Waals surface area contributed by atoms with Gasteiger partial charge in [-0.3, -0.25) is 0 Å². The Labute approximate surface area is 92.4 Å². The summed E-state index contributed by atoms with van der Waals surface area (Å²) >= 11 is 0. The molecule has 0 radical (unpaired) electrons. The molecule has 0 aliphatic carbocycles. The summed E-state index contributed by atoms with van der Waals surface area (Å²) < 4.78 is 4.28. The highest BCUT2D eigenvalue weighted by Crippen LogP contribution is 2.02. The summed E-state index contributed by atoms with van der Waals surface area (Å²) in [7, 11) is 1.15. The van der Waals surface area contributed by atoms with Crippen LogP contribution in [0.15, 0.2) is 35.3 Å². The molecular formula is C11H11NO4. The smallest absolute Gasteiger partial charge is 0.433 e. The molecule has 0 aliphatic heterocycles. The van der Waals surface area contributed by atoms with Gasteiger partial charge in [-0.2, -0.15) is 4.99 Å². The molecule has 16 heavy (non-hydrogen) atoms. The van der Waals surface area contributed by atoms with Crippen LogP contribution >= 0.6 is 0 Å². The van der Waals surface area contributed by atoms with Gasteiger partial charge in [-0.05, 0) is 5.56 Å². The zero-order chi connectivity index (χ0) is 12.0. The molecule has 0 unspecified atom stereocenters. The molecule has 0 saturated carbocycles. The van der Waals surface area contributed by atoms with Gasteiger partial charge in [0.2, 0.25) is 0 Å². The Balaban J connectivity index is 2.85. The van der Waals surface area contributed by atoms with Gasteiger partial charge in [0.25, 0.3) is 0 Å². The van der Waals surface area contributed by atoms with Crippen molar-refractivity contribution in [2.24, 2.45) is 4.99 Å². The van der Waals surface area contributed by atoms with Crippen molar-refractivity contribution in [1.82, 2.24) is 0 Å². The predicted molar refractivity (Wildman–Crippen MR) is 57.6 cm³/mol. The highest BCUT2D eigenvalue weighted by molar-refractivity contribution is 6.37. The average molecular weight is 221 g/mol. The number of amides is 1. The molecular weight excluding hydrogens is 210 g/mol. The van der Waals surface area contributed by atoms with Crippen LogP contribution in [0.2, 0.25) is 0 Å². The van der Waals surface area contributed by atoms with Crippen molar-refractivity contribution in [3.63, 3.8) is 0 Å². The number of hydrogen-bond acceptors (Lipinski definition) is 3. The number of methoxy groups -OCH3 is 1. The van der Waals surface area contributed by atoms with E-state index in [2.05, 4.69) is 9.73 Å². The lowest BCUT2D eigenvalue weighted by Gasteiger charge is -2.01. The average Bonchev–Trinajstić information content (AvgIpc) is 2.29. The molecule has 1 N–H and O–H groups in total. The summed E-state index contributed by atoms with van der Waals surface area (Å²) in [5.74, 6) is -1.23. The van der Waals surface area contributed by atoms with Crippen LogP contribution in [0.1, 0.15) is 5.56 Å². The van der Waals surface area contributed by atoms with Crippen molar-refractivity contribution in [3.05, 3.63) is 35.9 Å². The zero-order valence-corrected chi connectivity index (χ0v) is 8.71. The predicted octanol–water partition coefficient (Wildman–Crippen LogP) is 1.52. The minimum atomic E-state index is -1.23. The molecule has 1 aromatic rings. The second-order valence-corrected chi connectivity index (χ2v) is 3.00. The molecule has 1 aromatic carbocycles. The van der Waals surface area contributed by atoms with Gasteiger partial charge in [0.05, 0.1) is 7.11 Å². The third-order valence-electron chi connectivity index (χ3n) is 1.86. The number of aliphatic imine (C=N–C) groups is 1. The van der Waals surface area contributed by atoms with E-state index in [0.29, 0.717) is 0 Å². The van der Waals surface area contributed by atoms with E-state index in [0.717, 1.165) is 12.7 Å². The maximum absolute atomic E-state index is 10.8. The molecule has 0 bridgehead atoms. The molecule has 1 rings (SSSR count). The fraction of sp³-hybridized carbons (Fsp3) is 0.182. The monoisotopic (exact) mass is 221 g/mol. The quantitative estimate of drug-likeness (QED) is 0.785. The Bertz CT molecular complexity index is 411. The fourth-order valence-electron chi connectivity index (χ4n) is 1.11. The Hall–Kier alpha value is -2.17. The van der Waals surface area contributed by atoms with Gasteiger partial charge in [0.15, 0.2) is 0 Å². The van der Waals surface area contributed by atoms with Gasteiger partial charge in [0, 0.05) is 6.42 Å². The van der Waals surface area contributed by atoms with E-state index in [1.54, 1.807) is 24.3 Å². The van der Waals surface area contributed by atoms with Crippen LogP contribution in [0.3, 0.4) is 0 Å². The van der Waals surface area contributed by atoms with Crippen LogP contribution in [0.25, 0.3) is 0 Å².